The zero-order valence-corrected chi connectivity index (χ0v) is 24.7. The van der Waals surface area contributed by atoms with E-state index in [-0.39, 0.29) is 29.0 Å². The molecular formula is C27H34ClN7O5S. The number of amides is 2. The molecule has 0 spiro atoms. The van der Waals surface area contributed by atoms with Gasteiger partial charge in [0.05, 0.1) is 28.2 Å². The van der Waals surface area contributed by atoms with Crippen molar-refractivity contribution in [1.82, 2.24) is 34.6 Å². The van der Waals surface area contributed by atoms with Crippen LogP contribution in [-0.4, -0.2) is 82.5 Å². The number of benzene rings is 1. The van der Waals surface area contributed by atoms with Crippen molar-refractivity contribution in [3.05, 3.63) is 57.6 Å². The highest BCUT2D eigenvalue weighted by Gasteiger charge is 2.47. The molecule has 0 aliphatic carbocycles. The summed E-state index contributed by atoms with van der Waals surface area (Å²) in [6, 6.07) is 5.55. The van der Waals surface area contributed by atoms with E-state index in [1.165, 1.54) is 34.8 Å². The van der Waals surface area contributed by atoms with Crippen LogP contribution in [0.5, 0.6) is 0 Å². The number of sulfonamides is 1. The molecule has 1 aromatic carbocycles. The normalized spacial score (nSPS) is 20.1. The van der Waals surface area contributed by atoms with E-state index in [1.807, 2.05) is 0 Å². The number of halogens is 1. The maximum Gasteiger partial charge on any atom is 0.266 e. The van der Waals surface area contributed by atoms with E-state index < -0.39 is 40.5 Å². The predicted molar refractivity (Wildman–Crippen MR) is 154 cm³/mol. The van der Waals surface area contributed by atoms with Gasteiger partial charge in [-0.15, -0.1) is 0 Å². The number of aryl methyl sites for hydroxylation is 1. The van der Waals surface area contributed by atoms with E-state index in [9.17, 15) is 22.8 Å². The molecular weight excluding hydrogens is 570 g/mol. The molecule has 2 fully saturated rings. The highest BCUT2D eigenvalue weighted by Crippen LogP contribution is 2.37. The Labute approximate surface area is 243 Å². The largest absolute Gasteiger partial charge is 0.360 e. The Balaban J connectivity index is 1.56. The third-order valence-corrected chi connectivity index (χ3v) is 9.82. The number of carbonyl (C=O) groups is 2. The Morgan fingerprint density at radius 3 is 2.56 bits per heavy atom. The number of aromatic nitrogens is 3. The fourth-order valence-corrected chi connectivity index (χ4v) is 7.34. The van der Waals surface area contributed by atoms with Crippen molar-refractivity contribution in [3.8, 4) is 0 Å². The van der Waals surface area contributed by atoms with Crippen molar-refractivity contribution in [2.75, 3.05) is 26.2 Å². The molecule has 2 aromatic heterocycles. The van der Waals surface area contributed by atoms with Crippen molar-refractivity contribution in [1.29, 1.82) is 0 Å². The highest BCUT2D eigenvalue weighted by atomic mass is 35.5. The molecule has 0 bridgehead atoms. The van der Waals surface area contributed by atoms with Crippen LogP contribution in [0.15, 0.2) is 46.2 Å². The van der Waals surface area contributed by atoms with Gasteiger partial charge in [-0.1, -0.05) is 11.6 Å². The first-order chi connectivity index (χ1) is 19.5. The van der Waals surface area contributed by atoms with Crippen LogP contribution in [0.1, 0.15) is 38.4 Å². The molecule has 5 rings (SSSR count). The molecule has 14 heteroatoms. The van der Waals surface area contributed by atoms with Crippen LogP contribution in [0.2, 0.25) is 5.02 Å². The lowest BCUT2D eigenvalue weighted by atomic mass is 9.85. The topological polar surface area (TPSA) is 150 Å². The van der Waals surface area contributed by atoms with Crippen LogP contribution in [0.4, 0.5) is 0 Å². The summed E-state index contributed by atoms with van der Waals surface area (Å²) in [4.78, 5) is 44.3. The minimum atomic E-state index is -4.15. The van der Waals surface area contributed by atoms with Crippen LogP contribution in [0.25, 0.3) is 10.9 Å². The summed E-state index contributed by atoms with van der Waals surface area (Å²) in [5.74, 6) is -1.02. The first-order valence-corrected chi connectivity index (χ1v) is 15.4. The molecule has 2 amide bonds. The molecule has 3 aromatic rings. The molecule has 0 radical (unpaired) electrons. The molecule has 1 unspecified atom stereocenters. The summed E-state index contributed by atoms with van der Waals surface area (Å²) in [6.07, 6.45) is 3.02. The number of H-pyrrole nitrogens is 1. The van der Waals surface area contributed by atoms with Gasteiger partial charge in [-0.3, -0.25) is 14.4 Å². The van der Waals surface area contributed by atoms with Gasteiger partial charge in [-0.2, -0.15) is 9.40 Å². The molecule has 12 nitrogen and oxygen atoms in total. The number of nitrogens with zero attached hydrogens (tertiary/aromatic N) is 4. The monoisotopic (exact) mass is 603 g/mol. The number of fused-ring (bicyclic) bond motifs is 1. The second-order valence-corrected chi connectivity index (χ2v) is 13.2. The predicted octanol–water partition coefficient (Wildman–Crippen LogP) is 1.38. The zero-order valence-electron chi connectivity index (χ0n) is 23.1. The Kier molecular flexibility index (Phi) is 8.24. The summed E-state index contributed by atoms with van der Waals surface area (Å²) in [7, 11) is -2.61. The maximum absolute atomic E-state index is 14.0. The minimum absolute atomic E-state index is 0.0117. The smallest absolute Gasteiger partial charge is 0.266 e. The molecule has 41 heavy (non-hydrogen) atoms. The maximum atomic E-state index is 14.0. The van der Waals surface area contributed by atoms with Gasteiger partial charge in [-0.05, 0) is 70.0 Å². The van der Waals surface area contributed by atoms with Crippen LogP contribution in [0, 0.1) is 5.92 Å². The molecule has 4 heterocycles. The summed E-state index contributed by atoms with van der Waals surface area (Å²) in [5, 5.41) is 11.8. The summed E-state index contributed by atoms with van der Waals surface area (Å²) >= 11 is 6.17. The van der Waals surface area contributed by atoms with Crippen molar-refractivity contribution < 1.29 is 18.0 Å². The van der Waals surface area contributed by atoms with Gasteiger partial charge in [0.25, 0.3) is 5.56 Å². The average molecular weight is 604 g/mol. The second kappa shape index (κ2) is 11.6. The van der Waals surface area contributed by atoms with Gasteiger partial charge in [0.1, 0.15) is 6.04 Å². The fraction of sp³-hybridized carbons (Fsp3) is 0.481. The number of rotatable bonds is 7. The van der Waals surface area contributed by atoms with E-state index in [2.05, 4.69) is 20.7 Å². The van der Waals surface area contributed by atoms with Gasteiger partial charge in [0, 0.05) is 42.8 Å². The second-order valence-electron chi connectivity index (χ2n) is 10.9. The number of hydrogen-bond donors (Lipinski definition) is 3. The highest BCUT2D eigenvalue weighted by molar-refractivity contribution is 7.89. The van der Waals surface area contributed by atoms with E-state index in [0.717, 1.165) is 30.2 Å². The zero-order chi connectivity index (χ0) is 29.5. The van der Waals surface area contributed by atoms with E-state index >= 15 is 0 Å². The lowest BCUT2D eigenvalue weighted by molar-refractivity contribution is -0.150. The van der Waals surface area contributed by atoms with E-state index in [1.54, 1.807) is 32.2 Å². The van der Waals surface area contributed by atoms with Gasteiger partial charge in [0.2, 0.25) is 21.8 Å². The number of piperidine rings is 1. The van der Waals surface area contributed by atoms with Gasteiger partial charge in [0.15, 0.2) is 0 Å². The van der Waals surface area contributed by atoms with Crippen LogP contribution in [0.3, 0.4) is 0 Å². The number of hydrogen-bond acceptors (Lipinski definition) is 7. The Bertz CT molecular complexity index is 1630. The van der Waals surface area contributed by atoms with Crippen LogP contribution >= 0.6 is 11.6 Å². The Hall–Kier alpha value is -3.26. The molecule has 2 saturated heterocycles. The summed E-state index contributed by atoms with van der Waals surface area (Å²) < 4.78 is 29.9. The van der Waals surface area contributed by atoms with Crippen molar-refractivity contribution >= 4 is 44.3 Å². The number of carbonyl (C=O) groups excluding carboxylic acids is 2. The average Bonchev–Trinajstić information content (AvgIpc) is 3.31. The summed E-state index contributed by atoms with van der Waals surface area (Å²) in [5.41, 5.74) is 0.733. The van der Waals surface area contributed by atoms with E-state index in [0.29, 0.717) is 21.6 Å². The molecule has 2 atom stereocenters. The quantitative estimate of drug-likeness (QED) is 0.369. The van der Waals surface area contributed by atoms with Crippen LogP contribution in [-0.2, 0) is 26.7 Å². The van der Waals surface area contributed by atoms with Gasteiger partial charge < -0.3 is 20.5 Å². The van der Waals surface area contributed by atoms with Gasteiger partial charge >= 0.3 is 0 Å². The molecule has 2 aliphatic heterocycles. The first-order valence-electron chi connectivity index (χ1n) is 13.6. The molecule has 0 saturated carbocycles. The van der Waals surface area contributed by atoms with Gasteiger partial charge in [-0.25, -0.2) is 13.1 Å². The lowest BCUT2D eigenvalue weighted by Gasteiger charge is -2.46. The first kappa shape index (κ1) is 29.2. The lowest BCUT2D eigenvalue weighted by Crippen LogP contribution is -2.64. The number of nitrogens with one attached hydrogen (secondary N) is 3. The molecule has 3 N–H and O–H groups in total. The standard InChI is InChI=1S/C27H34ClN7O5S/c1-16(2)31-27(38)23-14-34(41(39,40)18-4-5-19-20(28)13-30-22(19)12-18)15-25(37)35(23)26(17-8-10-29-11-9-17)21-6-7-24(36)33(3)32-21/h4-7,12-13,16-17,23,26,29-30H,8-11,14-15H2,1-3H3,(H,31,38)/t23-,26?/m0/s1. The fourth-order valence-electron chi connectivity index (χ4n) is 5.70. The number of piperazine rings is 1. The number of aromatic amines is 1. The molecule has 220 valence electrons. The van der Waals surface area contributed by atoms with Crippen molar-refractivity contribution in [2.45, 2.75) is 49.7 Å². The summed E-state index contributed by atoms with van der Waals surface area (Å²) in [6.45, 7) is 4.38. The Morgan fingerprint density at radius 2 is 1.88 bits per heavy atom. The van der Waals surface area contributed by atoms with E-state index in [4.69, 9.17) is 11.6 Å². The van der Waals surface area contributed by atoms with Crippen LogP contribution < -0.4 is 16.2 Å². The minimum Gasteiger partial charge on any atom is -0.360 e. The third kappa shape index (κ3) is 5.76. The third-order valence-electron chi connectivity index (χ3n) is 7.70. The van der Waals surface area contributed by atoms with Crippen molar-refractivity contribution in [3.63, 3.8) is 0 Å². The van der Waals surface area contributed by atoms with Crippen molar-refractivity contribution in [2.24, 2.45) is 13.0 Å². The Morgan fingerprint density at radius 1 is 1.15 bits per heavy atom. The molecule has 2 aliphatic rings. The SMILES string of the molecule is CC(C)NC(=O)[C@@H]1CN(S(=O)(=O)c2ccc3c(Cl)c[nH]c3c2)CC(=O)N1C(c1ccc(=O)n(C)n1)C1CCNCC1.